The van der Waals surface area contributed by atoms with Gasteiger partial charge in [0, 0.05) is 12.2 Å². The van der Waals surface area contributed by atoms with Crippen LogP contribution in [0.5, 0.6) is 0 Å². The number of pyridine rings is 1. The Bertz CT molecular complexity index is 572. The lowest BCUT2D eigenvalue weighted by molar-refractivity contribution is 0.185. The predicted octanol–water partition coefficient (Wildman–Crippen LogP) is 1.88. The molecule has 7 heteroatoms. The van der Waals surface area contributed by atoms with Gasteiger partial charge in [-0.2, -0.15) is 4.98 Å². The van der Waals surface area contributed by atoms with E-state index in [9.17, 15) is 0 Å². The predicted molar refractivity (Wildman–Crippen MR) is 73.6 cm³/mol. The monoisotopic (exact) mass is 294 g/mol. The van der Waals surface area contributed by atoms with E-state index < -0.39 is 0 Å². The van der Waals surface area contributed by atoms with E-state index in [4.69, 9.17) is 20.9 Å². The molecule has 1 N–H and O–H groups in total. The van der Waals surface area contributed by atoms with Crippen LogP contribution in [0, 0.1) is 0 Å². The van der Waals surface area contributed by atoms with Crippen LogP contribution < -0.4 is 5.32 Å². The molecule has 0 aliphatic carbocycles. The average molecular weight is 295 g/mol. The zero-order valence-corrected chi connectivity index (χ0v) is 11.8. The molecule has 2 atom stereocenters. The van der Waals surface area contributed by atoms with Gasteiger partial charge in [0.2, 0.25) is 11.7 Å². The minimum atomic E-state index is 0.0866. The Morgan fingerprint density at radius 1 is 1.40 bits per heavy atom. The molecule has 0 radical (unpaired) electrons. The van der Waals surface area contributed by atoms with Crippen molar-refractivity contribution in [2.75, 3.05) is 19.8 Å². The molecule has 0 saturated carbocycles. The molecule has 0 amide bonds. The highest BCUT2D eigenvalue weighted by molar-refractivity contribution is 6.30. The van der Waals surface area contributed by atoms with Crippen molar-refractivity contribution in [2.24, 2.45) is 0 Å². The van der Waals surface area contributed by atoms with Gasteiger partial charge >= 0.3 is 0 Å². The van der Waals surface area contributed by atoms with Crippen molar-refractivity contribution in [3.63, 3.8) is 0 Å². The van der Waals surface area contributed by atoms with Gasteiger partial charge in [-0.25, -0.2) is 0 Å². The van der Waals surface area contributed by atoms with Gasteiger partial charge in [0.05, 0.1) is 24.2 Å². The molecule has 0 aromatic carbocycles. The molecule has 20 heavy (non-hydrogen) atoms. The van der Waals surface area contributed by atoms with Gasteiger partial charge < -0.3 is 14.6 Å². The molecule has 1 saturated heterocycles. The van der Waals surface area contributed by atoms with Gasteiger partial charge in [-0.3, -0.25) is 4.98 Å². The topological polar surface area (TPSA) is 73.1 Å². The standard InChI is InChI=1S/C13H15ClN4O2/c1-2-15-11-7-19-6-9(11)13-17-12(18-20-13)10-4-3-8(14)5-16-10/h3-5,9,11,15H,2,6-7H2,1H3. The smallest absolute Gasteiger partial charge is 0.234 e. The van der Waals surface area contributed by atoms with Gasteiger partial charge in [-0.05, 0) is 18.7 Å². The van der Waals surface area contributed by atoms with Crippen molar-refractivity contribution in [3.05, 3.63) is 29.2 Å². The highest BCUT2D eigenvalue weighted by Crippen LogP contribution is 2.26. The summed E-state index contributed by atoms with van der Waals surface area (Å²) in [7, 11) is 0. The van der Waals surface area contributed by atoms with Crippen molar-refractivity contribution >= 4 is 11.6 Å². The first-order chi connectivity index (χ1) is 9.78. The van der Waals surface area contributed by atoms with Gasteiger partial charge in [-0.15, -0.1) is 0 Å². The SMILES string of the molecule is CCNC1COCC1c1nc(-c2ccc(Cl)cn2)no1. The van der Waals surface area contributed by atoms with E-state index in [2.05, 4.69) is 27.4 Å². The van der Waals surface area contributed by atoms with Crippen LogP contribution in [0.2, 0.25) is 5.02 Å². The van der Waals surface area contributed by atoms with Crippen molar-refractivity contribution in [2.45, 2.75) is 18.9 Å². The maximum absolute atomic E-state index is 5.81. The Hall–Kier alpha value is -1.50. The summed E-state index contributed by atoms with van der Waals surface area (Å²) >= 11 is 5.81. The van der Waals surface area contributed by atoms with Gasteiger partial charge in [-0.1, -0.05) is 23.7 Å². The number of ether oxygens (including phenoxy) is 1. The number of aromatic nitrogens is 3. The number of nitrogens with zero attached hydrogens (tertiary/aromatic N) is 3. The van der Waals surface area contributed by atoms with Crippen LogP contribution in [0.1, 0.15) is 18.7 Å². The second kappa shape index (κ2) is 5.87. The molecule has 1 fully saturated rings. The molecular formula is C13H15ClN4O2. The van der Waals surface area contributed by atoms with Crippen molar-refractivity contribution < 1.29 is 9.26 Å². The van der Waals surface area contributed by atoms with E-state index in [1.54, 1.807) is 18.3 Å². The largest absolute Gasteiger partial charge is 0.379 e. The summed E-state index contributed by atoms with van der Waals surface area (Å²) in [6, 6.07) is 3.73. The Balaban J connectivity index is 1.81. The van der Waals surface area contributed by atoms with Crippen molar-refractivity contribution in [1.29, 1.82) is 0 Å². The van der Waals surface area contributed by atoms with E-state index in [1.807, 2.05) is 0 Å². The van der Waals surface area contributed by atoms with Gasteiger partial charge in [0.15, 0.2) is 0 Å². The first kappa shape index (κ1) is 13.5. The van der Waals surface area contributed by atoms with Crippen LogP contribution in [0.3, 0.4) is 0 Å². The molecule has 2 aromatic heterocycles. The average Bonchev–Trinajstić information content (AvgIpc) is 3.08. The molecule has 6 nitrogen and oxygen atoms in total. The Kier molecular flexibility index (Phi) is 3.95. The van der Waals surface area contributed by atoms with Crippen molar-refractivity contribution in [1.82, 2.24) is 20.4 Å². The first-order valence-corrected chi connectivity index (χ1v) is 6.92. The maximum Gasteiger partial charge on any atom is 0.234 e. The highest BCUT2D eigenvalue weighted by Gasteiger charge is 2.33. The second-order valence-electron chi connectivity index (χ2n) is 4.63. The molecule has 1 aliphatic rings. The second-order valence-corrected chi connectivity index (χ2v) is 5.06. The van der Waals surface area contributed by atoms with Crippen LogP contribution >= 0.6 is 11.6 Å². The third kappa shape index (κ3) is 2.67. The lowest BCUT2D eigenvalue weighted by Gasteiger charge is -2.13. The summed E-state index contributed by atoms with van der Waals surface area (Å²) in [5, 5.41) is 7.92. The zero-order chi connectivity index (χ0) is 13.9. The van der Waals surface area contributed by atoms with E-state index in [1.165, 1.54) is 0 Å². The summed E-state index contributed by atoms with van der Waals surface area (Å²) in [4.78, 5) is 8.60. The first-order valence-electron chi connectivity index (χ1n) is 6.54. The molecule has 106 valence electrons. The normalized spacial score (nSPS) is 22.3. The minimum Gasteiger partial charge on any atom is -0.379 e. The third-order valence-electron chi connectivity index (χ3n) is 3.26. The maximum atomic E-state index is 5.81. The van der Waals surface area contributed by atoms with E-state index >= 15 is 0 Å². The molecule has 3 rings (SSSR count). The number of nitrogens with one attached hydrogen (secondary N) is 1. The van der Waals surface area contributed by atoms with E-state index in [-0.39, 0.29) is 12.0 Å². The fourth-order valence-electron chi connectivity index (χ4n) is 2.26. The zero-order valence-electron chi connectivity index (χ0n) is 11.0. The number of rotatable bonds is 4. The molecule has 0 spiro atoms. The molecule has 2 unspecified atom stereocenters. The highest BCUT2D eigenvalue weighted by atomic mass is 35.5. The van der Waals surface area contributed by atoms with Crippen LogP contribution in [0.25, 0.3) is 11.5 Å². The van der Waals surface area contributed by atoms with E-state index in [0.29, 0.717) is 35.6 Å². The molecule has 3 heterocycles. The molecule has 2 aromatic rings. The van der Waals surface area contributed by atoms with Crippen molar-refractivity contribution in [3.8, 4) is 11.5 Å². The third-order valence-corrected chi connectivity index (χ3v) is 3.49. The Morgan fingerprint density at radius 2 is 2.30 bits per heavy atom. The number of halogens is 1. The minimum absolute atomic E-state index is 0.0866. The van der Waals surface area contributed by atoms with Crippen LogP contribution in [-0.2, 0) is 4.74 Å². The Morgan fingerprint density at radius 3 is 3.05 bits per heavy atom. The molecule has 0 bridgehead atoms. The summed E-state index contributed by atoms with van der Waals surface area (Å²) in [6.07, 6.45) is 1.56. The quantitative estimate of drug-likeness (QED) is 0.928. The molecule has 1 aliphatic heterocycles. The van der Waals surface area contributed by atoms with Crippen LogP contribution in [0.15, 0.2) is 22.9 Å². The van der Waals surface area contributed by atoms with Gasteiger partial charge in [0.25, 0.3) is 0 Å². The fourth-order valence-corrected chi connectivity index (χ4v) is 2.37. The summed E-state index contributed by atoms with van der Waals surface area (Å²) < 4.78 is 10.8. The Labute approximate surface area is 121 Å². The molecular weight excluding hydrogens is 280 g/mol. The summed E-state index contributed by atoms with van der Waals surface area (Å²) in [6.45, 7) is 4.19. The number of hydrogen-bond donors (Lipinski definition) is 1. The lowest BCUT2D eigenvalue weighted by Crippen LogP contribution is -2.34. The number of hydrogen-bond acceptors (Lipinski definition) is 6. The van der Waals surface area contributed by atoms with Crippen LogP contribution in [-0.4, -0.2) is 40.9 Å². The summed E-state index contributed by atoms with van der Waals surface area (Å²) in [5.74, 6) is 1.14. The van der Waals surface area contributed by atoms with Crippen LogP contribution in [0.4, 0.5) is 0 Å². The van der Waals surface area contributed by atoms with E-state index in [0.717, 1.165) is 6.54 Å². The summed E-state index contributed by atoms with van der Waals surface area (Å²) in [5.41, 5.74) is 0.642. The lowest BCUT2D eigenvalue weighted by atomic mass is 10.0. The number of likely N-dealkylation sites (N-methyl/N-ethyl adjacent to an activating group) is 1. The van der Waals surface area contributed by atoms with Gasteiger partial charge in [0.1, 0.15) is 5.69 Å². The fraction of sp³-hybridized carbons (Fsp3) is 0.462.